The number of rotatable bonds is 5. The fourth-order valence-electron chi connectivity index (χ4n) is 2.97. The van der Waals surface area contributed by atoms with Gasteiger partial charge < -0.3 is 10.1 Å². The van der Waals surface area contributed by atoms with Crippen LogP contribution < -0.4 is 5.32 Å². The molecule has 1 heterocycles. The Kier molecular flexibility index (Phi) is 4.00. The van der Waals surface area contributed by atoms with Crippen LogP contribution in [0.2, 0.25) is 0 Å². The lowest BCUT2D eigenvalue weighted by Crippen LogP contribution is -2.51. The molecule has 3 nitrogen and oxygen atoms in total. The van der Waals surface area contributed by atoms with Crippen LogP contribution >= 0.6 is 0 Å². The molecule has 0 amide bonds. The molecule has 1 N–H and O–H groups in total. The van der Waals surface area contributed by atoms with Crippen LogP contribution in [0.3, 0.4) is 0 Å². The van der Waals surface area contributed by atoms with E-state index in [1.54, 1.807) is 0 Å². The zero-order valence-corrected chi connectivity index (χ0v) is 10.0. The van der Waals surface area contributed by atoms with Crippen molar-refractivity contribution in [3.05, 3.63) is 0 Å². The average Bonchev–Trinajstić information content (AvgIpc) is 2.59. The summed E-state index contributed by atoms with van der Waals surface area (Å²) in [7, 11) is 2.06. The van der Waals surface area contributed by atoms with Crippen molar-refractivity contribution >= 4 is 0 Å². The molecule has 1 saturated carbocycles. The summed E-state index contributed by atoms with van der Waals surface area (Å²) in [5.41, 5.74) is 0. The standard InChI is InChI=1S/C12H24N2O/c1-3-15-12-7-11(8-12)14-6-4-5-10(14)9-13-2/h10-13H,3-9H2,1-2H3. The van der Waals surface area contributed by atoms with Crippen LogP contribution in [0.15, 0.2) is 0 Å². The maximum Gasteiger partial charge on any atom is 0.0604 e. The van der Waals surface area contributed by atoms with Crippen LogP contribution in [0.25, 0.3) is 0 Å². The van der Waals surface area contributed by atoms with Crippen molar-refractivity contribution in [3.8, 4) is 0 Å². The van der Waals surface area contributed by atoms with E-state index in [0.717, 1.165) is 25.2 Å². The number of ether oxygens (including phenoxy) is 1. The fraction of sp³-hybridized carbons (Fsp3) is 1.00. The molecular weight excluding hydrogens is 188 g/mol. The number of nitrogens with zero attached hydrogens (tertiary/aromatic N) is 1. The predicted molar refractivity (Wildman–Crippen MR) is 62.1 cm³/mol. The normalized spacial score (nSPS) is 36.8. The van der Waals surface area contributed by atoms with Crippen LogP contribution in [-0.2, 0) is 4.74 Å². The Labute approximate surface area is 93.2 Å². The summed E-state index contributed by atoms with van der Waals surface area (Å²) in [6, 6.07) is 1.59. The predicted octanol–water partition coefficient (Wildman–Crippen LogP) is 1.24. The van der Waals surface area contributed by atoms with Crippen LogP contribution in [0.4, 0.5) is 0 Å². The first-order valence-corrected chi connectivity index (χ1v) is 6.37. The molecule has 1 aliphatic heterocycles. The summed E-state index contributed by atoms with van der Waals surface area (Å²) < 4.78 is 5.62. The molecule has 2 fully saturated rings. The molecule has 1 aliphatic carbocycles. The van der Waals surface area contributed by atoms with Gasteiger partial charge >= 0.3 is 0 Å². The lowest BCUT2D eigenvalue weighted by molar-refractivity contribution is -0.0492. The zero-order valence-electron chi connectivity index (χ0n) is 10.0. The Morgan fingerprint density at radius 1 is 1.40 bits per heavy atom. The molecule has 88 valence electrons. The number of hydrogen-bond acceptors (Lipinski definition) is 3. The zero-order chi connectivity index (χ0) is 10.7. The number of hydrogen-bond donors (Lipinski definition) is 1. The van der Waals surface area contributed by atoms with Crippen molar-refractivity contribution in [2.75, 3.05) is 26.7 Å². The van der Waals surface area contributed by atoms with Gasteiger partial charge in [0, 0.05) is 25.2 Å². The van der Waals surface area contributed by atoms with Gasteiger partial charge in [-0.3, -0.25) is 4.90 Å². The molecule has 1 unspecified atom stereocenters. The van der Waals surface area contributed by atoms with E-state index in [0.29, 0.717) is 6.10 Å². The third kappa shape index (κ3) is 2.52. The maximum absolute atomic E-state index is 5.62. The maximum atomic E-state index is 5.62. The second-order valence-corrected chi connectivity index (χ2v) is 4.79. The van der Waals surface area contributed by atoms with Gasteiger partial charge in [0.15, 0.2) is 0 Å². The largest absolute Gasteiger partial charge is 0.378 e. The van der Waals surface area contributed by atoms with Gasteiger partial charge in [-0.15, -0.1) is 0 Å². The fourth-order valence-corrected chi connectivity index (χ4v) is 2.97. The van der Waals surface area contributed by atoms with Crippen molar-refractivity contribution in [2.45, 2.75) is 50.8 Å². The Morgan fingerprint density at radius 3 is 2.87 bits per heavy atom. The molecule has 0 aromatic carbocycles. The lowest BCUT2D eigenvalue weighted by Gasteiger charge is -2.43. The van der Waals surface area contributed by atoms with Gasteiger partial charge in [0.1, 0.15) is 0 Å². The van der Waals surface area contributed by atoms with Gasteiger partial charge in [0.25, 0.3) is 0 Å². The van der Waals surface area contributed by atoms with Gasteiger partial charge in [-0.1, -0.05) is 0 Å². The number of likely N-dealkylation sites (tertiary alicyclic amines) is 1. The summed E-state index contributed by atoms with van der Waals surface area (Å²) in [4.78, 5) is 2.70. The van der Waals surface area contributed by atoms with E-state index in [4.69, 9.17) is 4.74 Å². The highest BCUT2D eigenvalue weighted by Gasteiger charge is 2.38. The smallest absolute Gasteiger partial charge is 0.0604 e. The third-order valence-corrected chi connectivity index (χ3v) is 3.80. The number of nitrogens with one attached hydrogen (secondary N) is 1. The Morgan fingerprint density at radius 2 is 2.20 bits per heavy atom. The molecular formula is C12H24N2O. The summed E-state index contributed by atoms with van der Waals surface area (Å²) in [5, 5.41) is 3.31. The van der Waals surface area contributed by atoms with Gasteiger partial charge in [0.05, 0.1) is 6.10 Å². The van der Waals surface area contributed by atoms with E-state index in [1.807, 2.05) is 0 Å². The van der Waals surface area contributed by atoms with Crippen LogP contribution in [-0.4, -0.2) is 49.8 Å². The van der Waals surface area contributed by atoms with E-state index in [9.17, 15) is 0 Å². The molecule has 3 heteroatoms. The van der Waals surface area contributed by atoms with Crippen molar-refractivity contribution in [1.82, 2.24) is 10.2 Å². The van der Waals surface area contributed by atoms with Crippen molar-refractivity contribution in [2.24, 2.45) is 0 Å². The van der Waals surface area contributed by atoms with Gasteiger partial charge in [0.2, 0.25) is 0 Å². The lowest BCUT2D eigenvalue weighted by atomic mass is 9.87. The minimum absolute atomic E-state index is 0.552. The van der Waals surface area contributed by atoms with Gasteiger partial charge in [-0.25, -0.2) is 0 Å². The molecule has 15 heavy (non-hydrogen) atoms. The Bertz CT molecular complexity index is 192. The molecule has 2 rings (SSSR count). The van der Waals surface area contributed by atoms with Gasteiger partial charge in [-0.05, 0) is 46.2 Å². The topological polar surface area (TPSA) is 24.5 Å². The van der Waals surface area contributed by atoms with Crippen molar-refractivity contribution in [3.63, 3.8) is 0 Å². The minimum atomic E-state index is 0.552. The molecule has 0 aromatic rings. The molecule has 1 saturated heterocycles. The monoisotopic (exact) mass is 212 g/mol. The molecule has 0 aromatic heterocycles. The molecule has 0 spiro atoms. The first-order chi connectivity index (χ1) is 7.35. The summed E-state index contributed by atoms with van der Waals surface area (Å²) in [6.07, 6.45) is 5.82. The van der Waals surface area contributed by atoms with E-state index in [-0.39, 0.29) is 0 Å². The van der Waals surface area contributed by atoms with Crippen LogP contribution in [0.5, 0.6) is 0 Å². The second kappa shape index (κ2) is 5.28. The molecule has 2 aliphatic rings. The highest BCUT2D eigenvalue weighted by molar-refractivity contribution is 4.94. The SMILES string of the molecule is CCOC1CC(N2CCCC2CNC)C1. The van der Waals surface area contributed by atoms with Crippen LogP contribution in [0.1, 0.15) is 32.6 Å². The van der Waals surface area contributed by atoms with Crippen molar-refractivity contribution in [1.29, 1.82) is 0 Å². The van der Waals surface area contributed by atoms with E-state index < -0.39 is 0 Å². The third-order valence-electron chi connectivity index (χ3n) is 3.80. The second-order valence-electron chi connectivity index (χ2n) is 4.79. The van der Waals surface area contributed by atoms with E-state index >= 15 is 0 Å². The summed E-state index contributed by atoms with van der Waals surface area (Å²) in [6.45, 7) is 5.41. The highest BCUT2D eigenvalue weighted by Crippen LogP contribution is 2.33. The quantitative estimate of drug-likeness (QED) is 0.742. The van der Waals surface area contributed by atoms with E-state index in [1.165, 1.54) is 32.2 Å². The van der Waals surface area contributed by atoms with Gasteiger partial charge in [-0.2, -0.15) is 0 Å². The summed E-state index contributed by atoms with van der Waals surface area (Å²) in [5.74, 6) is 0. The van der Waals surface area contributed by atoms with Crippen LogP contribution in [0, 0.1) is 0 Å². The summed E-state index contributed by atoms with van der Waals surface area (Å²) >= 11 is 0. The van der Waals surface area contributed by atoms with E-state index in [2.05, 4.69) is 24.2 Å². The Balaban J connectivity index is 1.75. The molecule has 0 bridgehead atoms. The Hall–Kier alpha value is -0.120. The molecule has 0 radical (unpaired) electrons. The average molecular weight is 212 g/mol. The molecule has 1 atom stereocenters. The first kappa shape index (κ1) is 11.4. The first-order valence-electron chi connectivity index (χ1n) is 6.37. The minimum Gasteiger partial charge on any atom is -0.378 e. The number of likely N-dealkylation sites (N-methyl/N-ethyl adjacent to an activating group) is 1. The highest BCUT2D eigenvalue weighted by atomic mass is 16.5. The van der Waals surface area contributed by atoms with Crippen molar-refractivity contribution < 1.29 is 4.74 Å².